The molecule has 0 aliphatic rings. The van der Waals surface area contributed by atoms with Crippen molar-refractivity contribution >= 4 is 93.4 Å². The van der Waals surface area contributed by atoms with Crippen molar-refractivity contribution in [1.29, 1.82) is 0 Å². The molecule has 0 unspecified atom stereocenters. The highest BCUT2D eigenvalue weighted by atomic mass is 16.3. The van der Waals surface area contributed by atoms with Gasteiger partial charge in [-0.25, -0.2) is 0 Å². The summed E-state index contributed by atoms with van der Waals surface area (Å²) in [7, 11) is 0. The van der Waals surface area contributed by atoms with E-state index in [1.54, 1.807) is 0 Å². The summed E-state index contributed by atoms with van der Waals surface area (Å²) >= 11 is 0. The van der Waals surface area contributed by atoms with Crippen LogP contribution in [0.5, 0.6) is 0 Å². The summed E-state index contributed by atoms with van der Waals surface area (Å²) in [5.74, 6) is 0. The van der Waals surface area contributed by atoms with Gasteiger partial charge < -0.3 is 18.5 Å². The molecule has 0 saturated carbocycles. The molecule has 0 N–H and O–H groups in total. The third-order valence-corrected chi connectivity index (χ3v) is 11.5. The Morgan fingerprint density at radius 1 is 0.304 bits per heavy atom. The largest absolute Gasteiger partial charge is 0.456 e. The van der Waals surface area contributed by atoms with E-state index < -0.39 is 0 Å². The third kappa shape index (κ3) is 4.60. The summed E-state index contributed by atoms with van der Waals surface area (Å²) in [6.45, 7) is 0. The number of nitrogens with zero attached hydrogens (tertiary/aromatic N) is 3. The Morgan fingerprint density at radius 3 is 1.59 bits per heavy atom. The molecule has 9 aromatic carbocycles. The highest BCUT2D eigenvalue weighted by Crippen LogP contribution is 2.42. The molecule has 12 rings (SSSR count). The summed E-state index contributed by atoms with van der Waals surface area (Å²) in [6.07, 6.45) is 0. The molecule has 12 aromatic rings. The first-order valence-electron chi connectivity index (χ1n) is 19.1. The van der Waals surface area contributed by atoms with Gasteiger partial charge in [0.25, 0.3) is 0 Å². The minimum atomic E-state index is 0.879. The van der Waals surface area contributed by atoms with Crippen LogP contribution in [-0.2, 0) is 0 Å². The number of hydrogen-bond donors (Lipinski definition) is 0. The van der Waals surface area contributed by atoms with Crippen LogP contribution in [0.25, 0.3) is 87.7 Å². The fraction of sp³-hybridized carbons (Fsp3) is 0. The van der Waals surface area contributed by atoms with Crippen LogP contribution in [-0.4, -0.2) is 9.13 Å². The molecule has 3 heterocycles. The monoisotopic (exact) mass is 715 g/mol. The van der Waals surface area contributed by atoms with Crippen molar-refractivity contribution in [3.05, 3.63) is 200 Å². The van der Waals surface area contributed by atoms with Gasteiger partial charge in [0.05, 0.1) is 22.1 Å². The average Bonchev–Trinajstić information content (AvgIpc) is 3.91. The minimum absolute atomic E-state index is 0.879. The molecule has 0 amide bonds. The summed E-state index contributed by atoms with van der Waals surface area (Å²) < 4.78 is 11.1. The highest BCUT2D eigenvalue weighted by molar-refractivity contribution is 6.14. The molecule has 0 spiro atoms. The van der Waals surface area contributed by atoms with Crippen molar-refractivity contribution in [2.45, 2.75) is 0 Å². The number of rotatable bonds is 5. The fourth-order valence-corrected chi connectivity index (χ4v) is 8.94. The summed E-state index contributed by atoms with van der Waals surface area (Å²) in [4.78, 5) is 2.37. The van der Waals surface area contributed by atoms with Crippen molar-refractivity contribution in [3.63, 3.8) is 0 Å². The Hall–Kier alpha value is -7.56. The number of benzene rings is 9. The number of furan rings is 1. The molecule has 4 heteroatoms. The SMILES string of the molecule is c1ccc(-n2c3ccccc3c3ccc(N(c4ccc(-n5c6ccccc6c6cc7ccccc7cc65)cc4)c4ccc5oc6ccccc6c5c4)cc32)cc1. The Morgan fingerprint density at radius 2 is 0.821 bits per heavy atom. The van der Waals surface area contributed by atoms with E-state index in [1.165, 1.54) is 48.9 Å². The van der Waals surface area contributed by atoms with E-state index in [2.05, 4.69) is 202 Å². The van der Waals surface area contributed by atoms with Gasteiger partial charge in [0.1, 0.15) is 11.2 Å². The number of hydrogen-bond acceptors (Lipinski definition) is 2. The molecule has 0 atom stereocenters. The van der Waals surface area contributed by atoms with Crippen molar-refractivity contribution < 1.29 is 4.42 Å². The van der Waals surface area contributed by atoms with E-state index in [4.69, 9.17) is 4.42 Å². The van der Waals surface area contributed by atoms with Crippen molar-refractivity contribution in [3.8, 4) is 11.4 Å². The Kier molecular flexibility index (Phi) is 6.60. The molecule has 56 heavy (non-hydrogen) atoms. The molecular formula is C52H33N3O. The van der Waals surface area contributed by atoms with Gasteiger partial charge in [-0.2, -0.15) is 0 Å². The Balaban J connectivity index is 1.08. The van der Waals surface area contributed by atoms with Crippen LogP contribution >= 0.6 is 0 Å². The number of aromatic nitrogens is 2. The molecule has 0 aliphatic heterocycles. The second kappa shape index (κ2) is 12.0. The molecule has 3 aromatic heterocycles. The van der Waals surface area contributed by atoms with Gasteiger partial charge in [-0.3, -0.25) is 0 Å². The smallest absolute Gasteiger partial charge is 0.135 e. The summed E-state index contributed by atoms with van der Waals surface area (Å²) in [5, 5.41) is 9.65. The molecule has 0 bridgehead atoms. The van der Waals surface area contributed by atoms with Crippen molar-refractivity contribution in [2.75, 3.05) is 4.90 Å². The van der Waals surface area contributed by atoms with Crippen LogP contribution in [0.4, 0.5) is 17.1 Å². The maximum absolute atomic E-state index is 6.28. The molecule has 0 saturated heterocycles. The van der Waals surface area contributed by atoms with Gasteiger partial charge in [-0.1, -0.05) is 103 Å². The maximum Gasteiger partial charge on any atom is 0.135 e. The Bertz CT molecular complexity index is 3480. The van der Waals surface area contributed by atoms with Gasteiger partial charge in [-0.05, 0) is 108 Å². The van der Waals surface area contributed by atoms with Crippen LogP contribution < -0.4 is 4.90 Å². The van der Waals surface area contributed by atoms with Crippen LogP contribution in [0.1, 0.15) is 0 Å². The lowest BCUT2D eigenvalue weighted by molar-refractivity contribution is 0.669. The van der Waals surface area contributed by atoms with E-state index in [-0.39, 0.29) is 0 Å². The van der Waals surface area contributed by atoms with Gasteiger partial charge in [0.2, 0.25) is 0 Å². The topological polar surface area (TPSA) is 26.2 Å². The molecule has 262 valence electrons. The fourth-order valence-electron chi connectivity index (χ4n) is 8.94. The van der Waals surface area contributed by atoms with E-state index in [9.17, 15) is 0 Å². The predicted molar refractivity (Wildman–Crippen MR) is 235 cm³/mol. The zero-order valence-electron chi connectivity index (χ0n) is 30.3. The average molecular weight is 716 g/mol. The van der Waals surface area contributed by atoms with E-state index in [1.807, 2.05) is 12.1 Å². The van der Waals surface area contributed by atoms with Gasteiger partial charge in [0, 0.05) is 60.8 Å². The van der Waals surface area contributed by atoms with Gasteiger partial charge >= 0.3 is 0 Å². The van der Waals surface area contributed by atoms with Crippen LogP contribution in [0, 0.1) is 0 Å². The zero-order valence-corrected chi connectivity index (χ0v) is 30.3. The lowest BCUT2D eigenvalue weighted by atomic mass is 10.1. The lowest BCUT2D eigenvalue weighted by Crippen LogP contribution is -2.10. The van der Waals surface area contributed by atoms with E-state index in [0.29, 0.717) is 0 Å². The van der Waals surface area contributed by atoms with Crippen LogP contribution in [0.3, 0.4) is 0 Å². The highest BCUT2D eigenvalue weighted by Gasteiger charge is 2.20. The number of fused-ring (bicyclic) bond motifs is 10. The normalized spacial score (nSPS) is 11.9. The van der Waals surface area contributed by atoms with Crippen molar-refractivity contribution in [1.82, 2.24) is 9.13 Å². The molecule has 0 radical (unpaired) electrons. The first-order chi connectivity index (χ1) is 27.8. The molecule has 0 fully saturated rings. The summed E-state index contributed by atoms with van der Waals surface area (Å²) in [5.41, 5.74) is 12.0. The molecular weight excluding hydrogens is 683 g/mol. The second-order valence-electron chi connectivity index (χ2n) is 14.6. The van der Waals surface area contributed by atoms with Crippen LogP contribution in [0.2, 0.25) is 0 Å². The van der Waals surface area contributed by atoms with Gasteiger partial charge in [0.15, 0.2) is 0 Å². The zero-order chi connectivity index (χ0) is 36.7. The number of anilines is 3. The Labute approximate surface area is 322 Å². The molecule has 0 aliphatic carbocycles. The van der Waals surface area contributed by atoms with Gasteiger partial charge in [-0.15, -0.1) is 0 Å². The van der Waals surface area contributed by atoms with E-state index >= 15 is 0 Å². The predicted octanol–water partition coefficient (Wildman–Crippen LogP) is 14.4. The van der Waals surface area contributed by atoms with Crippen LogP contribution in [0.15, 0.2) is 205 Å². The lowest BCUT2D eigenvalue weighted by Gasteiger charge is -2.26. The van der Waals surface area contributed by atoms with E-state index in [0.717, 1.165) is 55.9 Å². The first kappa shape index (κ1) is 30.9. The third-order valence-electron chi connectivity index (χ3n) is 11.5. The first-order valence-corrected chi connectivity index (χ1v) is 19.1. The maximum atomic E-state index is 6.28. The minimum Gasteiger partial charge on any atom is -0.456 e. The number of para-hydroxylation sites is 4. The second-order valence-corrected chi connectivity index (χ2v) is 14.6. The van der Waals surface area contributed by atoms with Crippen molar-refractivity contribution in [2.24, 2.45) is 0 Å². The quantitative estimate of drug-likeness (QED) is 0.177. The summed E-state index contributed by atoms with van der Waals surface area (Å²) in [6, 6.07) is 72.1. The standard InChI is InChI=1S/C52H33N3O/c1-2-14-36(15-3-1)54-47-19-9-6-16-41(47)43-28-26-40(33-50(43)54)53(39-27-29-52-46(32-39)44-18-8-11-21-51(44)56-52)37-22-24-38(25-23-37)55-48-20-10-7-17-42(48)45-30-34-12-4-5-13-35(34)31-49(45)55/h1-33H. The molecule has 4 nitrogen and oxygen atoms in total.